The normalized spacial score (nSPS) is 22.2. The largest absolute Gasteiger partial charge is 0.490 e. The quantitative estimate of drug-likeness (QED) is 0.551. The summed E-state index contributed by atoms with van der Waals surface area (Å²) in [4.78, 5) is 46.6. The van der Waals surface area contributed by atoms with Gasteiger partial charge in [0, 0.05) is 23.0 Å². The van der Waals surface area contributed by atoms with Gasteiger partial charge in [0.15, 0.2) is 0 Å². The van der Waals surface area contributed by atoms with E-state index in [4.69, 9.17) is 15.5 Å². The molecule has 3 amide bonds. The van der Waals surface area contributed by atoms with E-state index >= 15 is 0 Å². The first-order valence-corrected chi connectivity index (χ1v) is 13.3. The molecular formula is C29H32N4O4. The van der Waals surface area contributed by atoms with Crippen LogP contribution in [0.25, 0.3) is 0 Å². The molecule has 6 rings (SSSR count). The minimum absolute atomic E-state index is 0.306. The van der Waals surface area contributed by atoms with Crippen LogP contribution in [0.5, 0.6) is 5.75 Å². The van der Waals surface area contributed by atoms with Gasteiger partial charge in [0.25, 0.3) is 5.91 Å². The molecule has 0 saturated heterocycles. The number of carbonyl (C=O) groups excluding carboxylic acids is 3. The summed E-state index contributed by atoms with van der Waals surface area (Å²) in [5.41, 5.74) is 8.74. The molecule has 3 N–H and O–H groups in total. The van der Waals surface area contributed by atoms with E-state index in [1.807, 2.05) is 48.5 Å². The van der Waals surface area contributed by atoms with Crippen LogP contribution in [0.15, 0.2) is 53.5 Å². The number of aliphatic imine (C=N–C) groups is 1. The number of hydrogen-bond donors (Lipinski definition) is 2. The molecule has 0 bridgehead atoms. The first kappa shape index (κ1) is 23.7. The number of benzene rings is 2. The monoisotopic (exact) mass is 500 g/mol. The number of ether oxygens (including phenoxy) is 1. The van der Waals surface area contributed by atoms with Gasteiger partial charge in [0.1, 0.15) is 12.4 Å². The number of hydrogen-bond acceptors (Lipinski definition) is 5. The molecule has 0 unspecified atom stereocenters. The zero-order valence-corrected chi connectivity index (χ0v) is 20.8. The van der Waals surface area contributed by atoms with E-state index in [1.165, 1.54) is 0 Å². The lowest BCUT2D eigenvalue weighted by atomic mass is 9.82. The summed E-state index contributed by atoms with van der Waals surface area (Å²) in [7, 11) is 0. The number of nitrogens with one attached hydrogen (secondary N) is 1. The molecule has 0 spiro atoms. The summed E-state index contributed by atoms with van der Waals surface area (Å²) in [5, 5.41) is 2.95. The maximum absolute atomic E-state index is 13.8. The number of amides is 3. The molecular weight excluding hydrogens is 468 g/mol. The van der Waals surface area contributed by atoms with Crippen molar-refractivity contribution in [1.82, 2.24) is 5.32 Å². The predicted octanol–water partition coefficient (Wildman–Crippen LogP) is 3.02. The summed E-state index contributed by atoms with van der Waals surface area (Å²) in [6, 6.07) is 15.3. The highest BCUT2D eigenvalue weighted by Crippen LogP contribution is 2.43. The Morgan fingerprint density at radius 2 is 1.70 bits per heavy atom. The first-order chi connectivity index (χ1) is 18.0. The molecule has 2 saturated carbocycles. The molecule has 4 aliphatic rings. The van der Waals surface area contributed by atoms with E-state index in [0.717, 1.165) is 36.8 Å². The average molecular weight is 501 g/mol. The van der Waals surface area contributed by atoms with Gasteiger partial charge in [-0.3, -0.25) is 14.4 Å². The number of carbonyl (C=O) groups is 3. The fourth-order valence-corrected chi connectivity index (χ4v) is 5.61. The summed E-state index contributed by atoms with van der Waals surface area (Å²) in [6.07, 6.45) is 4.40. The van der Waals surface area contributed by atoms with Gasteiger partial charge in [-0.15, -0.1) is 0 Å². The van der Waals surface area contributed by atoms with Crippen molar-refractivity contribution < 1.29 is 19.1 Å². The molecule has 3 atom stereocenters. The van der Waals surface area contributed by atoms with Crippen molar-refractivity contribution in [2.75, 3.05) is 18.1 Å². The fourth-order valence-electron chi connectivity index (χ4n) is 5.61. The summed E-state index contributed by atoms with van der Waals surface area (Å²) in [5.74, 6) is -0.634. The second-order valence-corrected chi connectivity index (χ2v) is 10.7. The topological polar surface area (TPSA) is 114 Å². The maximum Gasteiger partial charge on any atom is 0.272 e. The zero-order valence-electron chi connectivity index (χ0n) is 20.8. The van der Waals surface area contributed by atoms with Gasteiger partial charge in [-0.1, -0.05) is 68.1 Å². The van der Waals surface area contributed by atoms with E-state index in [2.05, 4.69) is 5.32 Å². The summed E-state index contributed by atoms with van der Waals surface area (Å²) >= 11 is 0. The van der Waals surface area contributed by atoms with E-state index < -0.39 is 23.9 Å². The molecule has 0 aromatic heterocycles. The van der Waals surface area contributed by atoms with E-state index in [9.17, 15) is 14.4 Å². The van der Waals surface area contributed by atoms with Crippen LogP contribution in [0.4, 0.5) is 5.69 Å². The van der Waals surface area contributed by atoms with Gasteiger partial charge < -0.3 is 20.7 Å². The molecule has 2 heterocycles. The Balaban J connectivity index is 1.36. The van der Waals surface area contributed by atoms with Crippen LogP contribution >= 0.6 is 0 Å². The highest BCUT2D eigenvalue weighted by atomic mass is 16.5. The third-order valence-corrected chi connectivity index (χ3v) is 7.94. The van der Waals surface area contributed by atoms with E-state index in [0.29, 0.717) is 55.0 Å². The number of rotatable bonds is 9. The molecule has 2 fully saturated rings. The van der Waals surface area contributed by atoms with Crippen LogP contribution in [0.2, 0.25) is 0 Å². The lowest BCUT2D eigenvalue weighted by molar-refractivity contribution is -0.136. The Kier molecular flexibility index (Phi) is 6.18. The lowest BCUT2D eigenvalue weighted by Crippen LogP contribution is -2.52. The standard InChI is InChI=1S/C29H32N4O4/c30-26(34)21(15-17-9-10-17)22(16-18-11-12-18)28(35)32-27-29(36)33-13-14-37-23-8-4-7-20(25(23)33)24(31-27)19-5-2-1-3-6-19/h1-8,17-18,21-22,27H,9-16H2,(H2,30,34)(H,32,35)/t21-,22+,27-/m1/s1. The Morgan fingerprint density at radius 1 is 1.00 bits per heavy atom. The minimum atomic E-state index is -1.11. The van der Waals surface area contributed by atoms with Crippen molar-refractivity contribution in [2.45, 2.75) is 44.7 Å². The number of anilines is 1. The molecule has 0 radical (unpaired) electrons. The van der Waals surface area contributed by atoms with Crippen molar-refractivity contribution >= 4 is 29.1 Å². The van der Waals surface area contributed by atoms with Crippen molar-refractivity contribution in [2.24, 2.45) is 34.4 Å². The molecule has 192 valence electrons. The summed E-state index contributed by atoms with van der Waals surface area (Å²) < 4.78 is 5.88. The molecule has 8 nitrogen and oxygen atoms in total. The van der Waals surface area contributed by atoms with Crippen LogP contribution in [0.3, 0.4) is 0 Å². The van der Waals surface area contributed by atoms with Crippen LogP contribution in [-0.2, 0) is 14.4 Å². The van der Waals surface area contributed by atoms with Crippen molar-refractivity contribution in [3.05, 3.63) is 59.7 Å². The second-order valence-electron chi connectivity index (χ2n) is 10.7. The minimum Gasteiger partial charge on any atom is -0.490 e. The van der Waals surface area contributed by atoms with Crippen molar-refractivity contribution in [3.63, 3.8) is 0 Å². The predicted molar refractivity (Wildman–Crippen MR) is 139 cm³/mol. The SMILES string of the molecule is NC(=O)[C@H](CC1CC1)[C@H](CC1CC1)C(=O)N[C@H]1N=C(c2ccccc2)c2cccc3c2N(CCO3)C1=O. The fraction of sp³-hybridized carbons (Fsp3) is 0.448. The van der Waals surface area contributed by atoms with Gasteiger partial charge >= 0.3 is 0 Å². The molecule has 2 aliphatic heterocycles. The van der Waals surface area contributed by atoms with Crippen LogP contribution in [0, 0.1) is 23.7 Å². The summed E-state index contributed by atoms with van der Waals surface area (Å²) in [6.45, 7) is 0.725. The average Bonchev–Trinajstić information content (AvgIpc) is 3.83. The lowest BCUT2D eigenvalue weighted by Gasteiger charge is -2.31. The number of nitrogens with zero attached hydrogens (tertiary/aromatic N) is 2. The van der Waals surface area contributed by atoms with Crippen LogP contribution in [0.1, 0.15) is 49.7 Å². The first-order valence-electron chi connectivity index (χ1n) is 13.3. The van der Waals surface area contributed by atoms with E-state index in [1.54, 1.807) is 4.90 Å². The Hall–Kier alpha value is -3.68. The second kappa shape index (κ2) is 9.65. The molecule has 2 aliphatic carbocycles. The van der Waals surface area contributed by atoms with Crippen molar-refractivity contribution in [1.29, 1.82) is 0 Å². The van der Waals surface area contributed by atoms with Crippen LogP contribution < -0.4 is 20.7 Å². The maximum atomic E-state index is 13.8. The highest BCUT2D eigenvalue weighted by Gasteiger charge is 2.42. The third-order valence-electron chi connectivity index (χ3n) is 7.94. The smallest absolute Gasteiger partial charge is 0.272 e. The molecule has 2 aromatic carbocycles. The number of para-hydroxylation sites is 1. The van der Waals surface area contributed by atoms with Gasteiger partial charge in [-0.25, -0.2) is 4.99 Å². The number of nitrogens with two attached hydrogens (primary N) is 1. The van der Waals surface area contributed by atoms with Gasteiger partial charge in [0.05, 0.1) is 17.9 Å². The molecule has 37 heavy (non-hydrogen) atoms. The highest BCUT2D eigenvalue weighted by molar-refractivity contribution is 6.21. The van der Waals surface area contributed by atoms with Crippen LogP contribution in [-0.4, -0.2) is 42.8 Å². The van der Waals surface area contributed by atoms with Crippen molar-refractivity contribution in [3.8, 4) is 5.75 Å². The number of primary amides is 1. The molecule has 2 aromatic rings. The van der Waals surface area contributed by atoms with E-state index in [-0.39, 0.29) is 11.8 Å². The van der Waals surface area contributed by atoms with Gasteiger partial charge in [-0.05, 0) is 30.7 Å². The van der Waals surface area contributed by atoms with Gasteiger partial charge in [0.2, 0.25) is 18.0 Å². The Morgan fingerprint density at radius 3 is 2.38 bits per heavy atom. The zero-order chi connectivity index (χ0) is 25.5. The van der Waals surface area contributed by atoms with Gasteiger partial charge in [-0.2, -0.15) is 0 Å². The molecule has 8 heteroatoms. The Labute approximate surface area is 216 Å². The Bertz CT molecular complexity index is 1250. The third kappa shape index (κ3) is 4.84.